The van der Waals surface area contributed by atoms with E-state index in [0.29, 0.717) is 42.7 Å². The SMILES string of the molecule is CC(C)(C)CCC(C)(C)C.CC(C)(C)CCCC(C)(C)C.CC(C)(C)CCOC(C)(C)C.CC(C)(C)CCSC(C)(C)C.CC(C)(C)CNC(C)(C)C. The fourth-order valence-electron chi connectivity index (χ4n) is 3.76. The maximum Gasteiger partial charge on any atom is 0.0598 e. The van der Waals surface area contributed by atoms with Crippen LogP contribution in [0.4, 0.5) is 0 Å². The molecule has 53 heavy (non-hydrogen) atoms. The molecule has 2 nitrogen and oxygen atoms in total. The standard InChI is InChI=1S/C11H24.C10H22O.C10H22S.C10H22.C9H21N/c1-10(2,3)8-7-9-11(4,5)6;2*1-9(2,3)7-8-11-10(4,5)6;1-9(2,3)7-8-10(4,5)6;1-8(2,3)7-10-9(4,5)6/h7-9H2,1-6H3;2*7-8H2,1-6H3;7-8H2,1-6H3;10H,7H2,1-6H3. The molecule has 0 aromatic heterocycles. The zero-order chi connectivity index (χ0) is 44.2. The fraction of sp³-hybridized carbons (Fsp3) is 1.00. The minimum atomic E-state index is 0.0191. The van der Waals surface area contributed by atoms with E-state index in [1.165, 1.54) is 44.3 Å². The predicted molar refractivity (Wildman–Crippen MR) is 254 cm³/mol. The van der Waals surface area contributed by atoms with Gasteiger partial charge in [0.2, 0.25) is 0 Å². The van der Waals surface area contributed by atoms with Crippen LogP contribution in [0.1, 0.15) is 253 Å². The van der Waals surface area contributed by atoms with E-state index in [9.17, 15) is 0 Å². The van der Waals surface area contributed by atoms with Crippen molar-refractivity contribution in [2.45, 2.75) is 269 Å². The molecule has 0 aliphatic rings. The second kappa shape index (κ2) is 25.6. The molecule has 0 saturated heterocycles. The van der Waals surface area contributed by atoms with Crippen LogP contribution in [0.2, 0.25) is 0 Å². The lowest BCUT2D eigenvalue weighted by atomic mass is 9.81. The molecule has 0 aliphatic carbocycles. The normalized spacial score (nSPS) is 13.7. The third-order valence-corrected chi connectivity index (χ3v) is 8.68. The van der Waals surface area contributed by atoms with Crippen LogP contribution in [0.15, 0.2) is 0 Å². The smallest absolute Gasteiger partial charge is 0.0598 e. The quantitative estimate of drug-likeness (QED) is 0.265. The van der Waals surface area contributed by atoms with Crippen LogP contribution < -0.4 is 5.32 Å². The van der Waals surface area contributed by atoms with Gasteiger partial charge < -0.3 is 10.1 Å². The maximum atomic E-state index is 5.61. The Labute approximate surface area is 345 Å². The zero-order valence-corrected chi connectivity index (χ0v) is 44.2. The lowest BCUT2D eigenvalue weighted by Gasteiger charge is -2.27. The van der Waals surface area contributed by atoms with Gasteiger partial charge in [-0.1, -0.05) is 173 Å². The van der Waals surface area contributed by atoms with Crippen molar-refractivity contribution in [1.82, 2.24) is 5.32 Å². The van der Waals surface area contributed by atoms with Crippen LogP contribution in [0.5, 0.6) is 0 Å². The minimum Gasteiger partial charge on any atom is -0.376 e. The third-order valence-electron chi connectivity index (χ3n) is 7.40. The molecule has 0 rings (SSSR count). The molecule has 0 bridgehead atoms. The summed E-state index contributed by atoms with van der Waals surface area (Å²) in [7, 11) is 0. The summed E-state index contributed by atoms with van der Waals surface area (Å²) in [6.07, 6.45) is 9.17. The largest absolute Gasteiger partial charge is 0.376 e. The van der Waals surface area contributed by atoms with Crippen LogP contribution in [-0.2, 0) is 4.74 Å². The van der Waals surface area contributed by atoms with E-state index in [1.54, 1.807) is 0 Å². The number of ether oxygens (including phenoxy) is 1. The molecular weight excluding hydrogens is 663 g/mol. The number of rotatable bonds is 8. The second-order valence-electron chi connectivity index (χ2n) is 27.3. The fourth-order valence-corrected chi connectivity index (χ4v) is 5.08. The van der Waals surface area contributed by atoms with Gasteiger partial charge in [-0.15, -0.1) is 0 Å². The van der Waals surface area contributed by atoms with E-state index in [-0.39, 0.29) is 11.1 Å². The molecule has 0 fully saturated rings. The molecule has 0 unspecified atom stereocenters. The lowest BCUT2D eigenvalue weighted by Crippen LogP contribution is -2.40. The average molecular weight is 775 g/mol. The Bertz CT molecular complexity index is 661. The zero-order valence-electron chi connectivity index (χ0n) is 43.4. The van der Waals surface area contributed by atoms with E-state index in [2.05, 4.69) is 225 Å². The van der Waals surface area contributed by atoms with Crippen LogP contribution in [-0.4, -0.2) is 34.8 Å². The van der Waals surface area contributed by atoms with Gasteiger partial charge in [-0.25, -0.2) is 0 Å². The molecule has 0 saturated carbocycles. The molecule has 0 atom stereocenters. The van der Waals surface area contributed by atoms with Crippen molar-refractivity contribution in [2.75, 3.05) is 18.9 Å². The first-order valence-electron chi connectivity index (χ1n) is 21.6. The van der Waals surface area contributed by atoms with Gasteiger partial charge in [-0.2, -0.15) is 11.8 Å². The van der Waals surface area contributed by atoms with Gasteiger partial charge in [-0.3, -0.25) is 0 Å². The summed E-state index contributed by atoms with van der Waals surface area (Å²) in [5, 5.41) is 3.46. The Hall–Kier alpha value is 0.270. The highest BCUT2D eigenvalue weighted by Gasteiger charge is 2.18. The van der Waals surface area contributed by atoms with Gasteiger partial charge >= 0.3 is 0 Å². The van der Waals surface area contributed by atoms with Crippen molar-refractivity contribution in [3.8, 4) is 0 Å². The topological polar surface area (TPSA) is 21.3 Å². The van der Waals surface area contributed by atoms with E-state index < -0.39 is 0 Å². The van der Waals surface area contributed by atoms with Gasteiger partial charge in [0.1, 0.15) is 0 Å². The van der Waals surface area contributed by atoms with Crippen LogP contribution in [0.25, 0.3) is 0 Å². The summed E-state index contributed by atoms with van der Waals surface area (Å²) in [6.45, 7) is 69.7. The summed E-state index contributed by atoms with van der Waals surface area (Å²) in [4.78, 5) is 0. The predicted octanol–water partition coefficient (Wildman–Crippen LogP) is 17.7. The van der Waals surface area contributed by atoms with Gasteiger partial charge in [0.15, 0.2) is 0 Å². The number of nitrogens with one attached hydrogen (secondary N) is 1. The number of thioether (sulfide) groups is 1. The summed E-state index contributed by atoms with van der Waals surface area (Å²) in [5.41, 5.74) is 3.62. The first-order chi connectivity index (χ1) is 22.5. The van der Waals surface area contributed by atoms with Crippen molar-refractivity contribution in [3.63, 3.8) is 0 Å². The van der Waals surface area contributed by atoms with Crippen LogP contribution in [0.3, 0.4) is 0 Å². The van der Waals surface area contributed by atoms with E-state index >= 15 is 0 Å². The Morgan fingerprint density at radius 2 is 0.660 bits per heavy atom. The first-order valence-corrected chi connectivity index (χ1v) is 22.5. The summed E-state index contributed by atoms with van der Waals surface area (Å²) < 4.78 is 6.04. The molecule has 0 aromatic rings. The van der Waals surface area contributed by atoms with Crippen molar-refractivity contribution < 1.29 is 4.74 Å². The number of hydrogen-bond acceptors (Lipinski definition) is 3. The summed E-state index contributed by atoms with van der Waals surface area (Å²) in [6, 6.07) is 0. The van der Waals surface area contributed by atoms with E-state index in [4.69, 9.17) is 4.74 Å². The van der Waals surface area contributed by atoms with Gasteiger partial charge in [-0.05, 0) is 124 Å². The summed E-state index contributed by atoms with van der Waals surface area (Å²) >= 11 is 2.06. The highest BCUT2D eigenvalue weighted by atomic mass is 32.2. The molecule has 0 radical (unpaired) electrons. The molecule has 0 heterocycles. The summed E-state index contributed by atoms with van der Waals surface area (Å²) in [5.74, 6) is 1.28. The Morgan fingerprint density at radius 1 is 0.358 bits per heavy atom. The highest BCUT2D eigenvalue weighted by Crippen LogP contribution is 2.30. The second-order valence-corrected chi connectivity index (χ2v) is 29.2. The van der Waals surface area contributed by atoms with Crippen LogP contribution >= 0.6 is 11.8 Å². The highest BCUT2D eigenvalue weighted by molar-refractivity contribution is 8.00. The van der Waals surface area contributed by atoms with Gasteiger partial charge in [0.25, 0.3) is 0 Å². The molecular formula is C50H111NOS. The molecule has 0 aliphatic heterocycles. The maximum absolute atomic E-state index is 5.61. The van der Waals surface area contributed by atoms with E-state index in [0.717, 1.165) is 19.6 Å². The Morgan fingerprint density at radius 3 is 0.849 bits per heavy atom. The molecule has 3 heteroatoms. The Balaban J connectivity index is -0.000000181. The minimum absolute atomic E-state index is 0.0191. The first kappa shape index (κ1) is 62.5. The number of hydrogen-bond donors (Lipinski definition) is 1. The van der Waals surface area contributed by atoms with Gasteiger partial charge in [0.05, 0.1) is 5.60 Å². The van der Waals surface area contributed by atoms with Crippen molar-refractivity contribution >= 4 is 11.8 Å². The average Bonchev–Trinajstić information content (AvgIpc) is 2.76. The lowest BCUT2D eigenvalue weighted by molar-refractivity contribution is -0.0139. The molecule has 0 spiro atoms. The Kier molecular flexibility index (Phi) is 30.2. The monoisotopic (exact) mass is 774 g/mol. The third kappa shape index (κ3) is 90.2. The molecule has 0 aromatic carbocycles. The van der Waals surface area contributed by atoms with Crippen molar-refractivity contribution in [2.24, 2.45) is 37.9 Å². The van der Waals surface area contributed by atoms with Gasteiger partial charge in [0, 0.05) is 23.4 Å². The molecule has 0 amide bonds. The van der Waals surface area contributed by atoms with E-state index in [1.807, 2.05) is 0 Å². The van der Waals surface area contributed by atoms with Crippen molar-refractivity contribution in [1.29, 1.82) is 0 Å². The molecule has 328 valence electrons. The van der Waals surface area contributed by atoms with Crippen molar-refractivity contribution in [3.05, 3.63) is 0 Å². The van der Waals surface area contributed by atoms with Crippen LogP contribution in [0, 0.1) is 37.9 Å². The molecule has 1 N–H and O–H groups in total.